The minimum Gasteiger partial charge on any atom is -0.507 e. The van der Waals surface area contributed by atoms with Gasteiger partial charge < -0.3 is 39.0 Å². The average Bonchev–Trinajstić information content (AvgIpc) is 3.32. The standard InChI is InChI=1S/C64H86O13/c1-18-51(65)77-59-42(5)30-46(34-50(59)63(15,16)17)22-26-55(69)76-38-64(35-73-52(66)23-19-43-27-39(2)56(70)47(31-43)60(6,7)8,36-74-53(67)24-20-44-28-40(3)57(71)48(32-44)61(9,10)11)37-75-54(68)25-21-45-29-41(4)58(72)49(33-45)62(12,13)14/h18,27-34,70-72H,1,19-26,35-38H2,2-17H3. The summed E-state index contributed by atoms with van der Waals surface area (Å²) >= 11 is 0. The van der Waals surface area contributed by atoms with Crippen molar-refractivity contribution in [1.29, 1.82) is 0 Å². The van der Waals surface area contributed by atoms with E-state index in [0.29, 0.717) is 28.0 Å². The highest BCUT2D eigenvalue weighted by Gasteiger charge is 2.38. The molecule has 0 aromatic heterocycles. The molecule has 420 valence electrons. The third kappa shape index (κ3) is 18.2. The molecule has 0 heterocycles. The third-order valence-electron chi connectivity index (χ3n) is 13.6. The van der Waals surface area contributed by atoms with Crippen molar-refractivity contribution in [3.05, 3.63) is 128 Å². The smallest absolute Gasteiger partial charge is 0.335 e. The number of benzene rings is 4. The number of aromatic hydroxyl groups is 3. The molecule has 0 unspecified atom stereocenters. The lowest BCUT2D eigenvalue weighted by Gasteiger charge is -2.31. The molecule has 0 aliphatic heterocycles. The Bertz CT molecular complexity index is 2590. The highest BCUT2D eigenvalue weighted by atomic mass is 16.6. The Hall–Kier alpha value is -6.63. The first kappa shape index (κ1) is 62.9. The summed E-state index contributed by atoms with van der Waals surface area (Å²) in [6, 6.07) is 14.8. The zero-order valence-corrected chi connectivity index (χ0v) is 48.8. The number of esters is 5. The lowest BCUT2D eigenvalue weighted by Crippen LogP contribution is -2.44. The van der Waals surface area contributed by atoms with E-state index in [1.165, 1.54) is 0 Å². The van der Waals surface area contributed by atoms with E-state index in [9.17, 15) is 39.3 Å². The van der Waals surface area contributed by atoms with Crippen molar-refractivity contribution in [1.82, 2.24) is 0 Å². The summed E-state index contributed by atoms with van der Waals surface area (Å²) in [5.74, 6) is -2.03. The van der Waals surface area contributed by atoms with Crippen LogP contribution in [-0.2, 0) is 90.3 Å². The number of hydrogen-bond donors (Lipinski definition) is 3. The number of carbonyl (C=O) groups is 5. The summed E-state index contributed by atoms with van der Waals surface area (Å²) in [5, 5.41) is 32.5. The Labute approximate surface area is 457 Å². The summed E-state index contributed by atoms with van der Waals surface area (Å²) in [6.45, 7) is 32.8. The first-order valence-corrected chi connectivity index (χ1v) is 26.6. The van der Waals surface area contributed by atoms with Crippen molar-refractivity contribution >= 4 is 29.8 Å². The van der Waals surface area contributed by atoms with Gasteiger partial charge in [-0.2, -0.15) is 0 Å². The zero-order chi connectivity index (χ0) is 58.0. The Kier molecular flexibility index (Phi) is 21.0. The van der Waals surface area contributed by atoms with E-state index in [-0.39, 0.29) is 84.9 Å². The molecule has 0 amide bonds. The van der Waals surface area contributed by atoms with Crippen LogP contribution in [0, 0.1) is 33.1 Å². The van der Waals surface area contributed by atoms with Crippen LogP contribution in [-0.4, -0.2) is 71.6 Å². The summed E-state index contributed by atoms with van der Waals surface area (Å²) in [7, 11) is 0. The second-order valence-electron chi connectivity index (χ2n) is 25.0. The van der Waals surface area contributed by atoms with E-state index in [4.69, 9.17) is 23.7 Å². The van der Waals surface area contributed by atoms with Gasteiger partial charge in [0.25, 0.3) is 0 Å². The summed E-state index contributed by atoms with van der Waals surface area (Å²) < 4.78 is 29.5. The van der Waals surface area contributed by atoms with E-state index in [2.05, 4.69) is 6.58 Å². The molecule has 4 aromatic carbocycles. The summed E-state index contributed by atoms with van der Waals surface area (Å²) in [4.78, 5) is 67.4. The van der Waals surface area contributed by atoms with E-state index < -0.39 is 67.1 Å². The molecular formula is C64H86O13. The molecule has 0 spiro atoms. The molecule has 0 saturated carbocycles. The van der Waals surface area contributed by atoms with Gasteiger partial charge in [0, 0.05) is 37.3 Å². The fraction of sp³-hybridized carbons (Fsp3) is 0.516. The quantitative estimate of drug-likeness (QED) is 0.0292. The molecule has 4 aromatic rings. The summed E-state index contributed by atoms with van der Waals surface area (Å²) in [6.07, 6.45) is 1.93. The van der Waals surface area contributed by atoms with Gasteiger partial charge in [-0.25, -0.2) is 4.79 Å². The number of phenols is 3. The van der Waals surface area contributed by atoms with Crippen molar-refractivity contribution in [3.8, 4) is 23.0 Å². The predicted molar refractivity (Wildman–Crippen MR) is 300 cm³/mol. The van der Waals surface area contributed by atoms with Crippen LogP contribution in [0.2, 0.25) is 0 Å². The molecule has 4 rings (SSSR count). The van der Waals surface area contributed by atoms with Crippen LogP contribution in [0.4, 0.5) is 0 Å². The number of carbonyl (C=O) groups excluding carboxylic acids is 5. The van der Waals surface area contributed by atoms with Crippen LogP contribution >= 0.6 is 0 Å². The lowest BCUT2D eigenvalue weighted by molar-refractivity contribution is -0.170. The lowest BCUT2D eigenvalue weighted by atomic mass is 9.83. The fourth-order valence-electron chi connectivity index (χ4n) is 9.00. The first-order valence-electron chi connectivity index (χ1n) is 26.6. The molecule has 13 heteroatoms. The van der Waals surface area contributed by atoms with Crippen LogP contribution in [0.1, 0.15) is 176 Å². The number of phenolic OH excluding ortho intramolecular Hbond substituents is 3. The Morgan fingerprint density at radius 1 is 0.416 bits per heavy atom. The Balaban J connectivity index is 1.67. The second kappa shape index (κ2) is 25.7. The van der Waals surface area contributed by atoms with Crippen molar-refractivity contribution < 1.29 is 63.0 Å². The van der Waals surface area contributed by atoms with Gasteiger partial charge in [0.2, 0.25) is 0 Å². The maximum absolute atomic E-state index is 13.8. The maximum atomic E-state index is 13.8. The number of hydrogen-bond acceptors (Lipinski definition) is 13. The number of aryl methyl sites for hydroxylation is 8. The molecule has 0 aliphatic carbocycles. The van der Waals surface area contributed by atoms with E-state index in [1.807, 2.05) is 139 Å². The van der Waals surface area contributed by atoms with Crippen molar-refractivity contribution in [2.24, 2.45) is 5.41 Å². The van der Waals surface area contributed by atoms with E-state index >= 15 is 0 Å². The first-order chi connectivity index (χ1) is 35.5. The van der Waals surface area contributed by atoms with Gasteiger partial charge in [-0.05, 0) is 136 Å². The van der Waals surface area contributed by atoms with Gasteiger partial charge in [0.1, 0.15) is 54.8 Å². The fourth-order valence-corrected chi connectivity index (χ4v) is 9.00. The highest BCUT2D eigenvalue weighted by molar-refractivity contribution is 5.84. The van der Waals surface area contributed by atoms with Crippen LogP contribution < -0.4 is 4.74 Å². The van der Waals surface area contributed by atoms with Gasteiger partial charge in [-0.1, -0.05) is 138 Å². The molecule has 0 bridgehead atoms. The van der Waals surface area contributed by atoms with E-state index in [1.54, 1.807) is 20.8 Å². The van der Waals surface area contributed by atoms with Gasteiger partial charge in [0.05, 0.1) is 0 Å². The molecule has 0 aliphatic rings. The maximum Gasteiger partial charge on any atom is 0.335 e. The molecule has 0 fully saturated rings. The number of ether oxygens (including phenoxy) is 5. The normalized spacial score (nSPS) is 12.2. The van der Waals surface area contributed by atoms with Crippen LogP contribution in [0.5, 0.6) is 23.0 Å². The van der Waals surface area contributed by atoms with Gasteiger partial charge >= 0.3 is 29.8 Å². The minimum absolute atomic E-state index is 0.0595. The minimum atomic E-state index is -1.57. The van der Waals surface area contributed by atoms with Gasteiger partial charge in [0.15, 0.2) is 0 Å². The highest BCUT2D eigenvalue weighted by Crippen LogP contribution is 2.39. The van der Waals surface area contributed by atoms with Crippen LogP contribution in [0.25, 0.3) is 0 Å². The van der Waals surface area contributed by atoms with Crippen molar-refractivity contribution in [2.75, 3.05) is 26.4 Å². The summed E-state index contributed by atoms with van der Waals surface area (Å²) in [5.41, 5.74) is 5.86. The molecule has 0 radical (unpaired) electrons. The zero-order valence-electron chi connectivity index (χ0n) is 48.8. The monoisotopic (exact) mass is 1060 g/mol. The Morgan fingerprint density at radius 2 is 0.662 bits per heavy atom. The third-order valence-corrected chi connectivity index (χ3v) is 13.6. The molecule has 13 nitrogen and oxygen atoms in total. The van der Waals surface area contributed by atoms with E-state index in [0.717, 1.165) is 50.6 Å². The largest absolute Gasteiger partial charge is 0.507 e. The van der Waals surface area contributed by atoms with Crippen molar-refractivity contribution in [3.63, 3.8) is 0 Å². The Morgan fingerprint density at radius 3 is 0.909 bits per heavy atom. The SMILES string of the molecule is C=CC(=O)Oc1c(C)cc(CCC(=O)OCC(COC(=O)CCc2cc(C)c(O)c(C(C)(C)C)c2)(COC(=O)CCc2cc(C)c(O)c(C(C)(C)C)c2)COC(=O)CCc2cc(C)c(O)c(C(C)(C)C)c2)cc1C(C)(C)C. The molecular weight excluding hydrogens is 977 g/mol. The molecule has 77 heavy (non-hydrogen) atoms. The molecule has 0 atom stereocenters. The van der Waals surface area contributed by atoms with Gasteiger partial charge in [-0.15, -0.1) is 0 Å². The number of rotatable bonds is 22. The van der Waals surface area contributed by atoms with Crippen molar-refractivity contribution in [2.45, 2.75) is 184 Å². The topological polar surface area (TPSA) is 192 Å². The average molecular weight is 1060 g/mol. The molecule has 0 saturated heterocycles. The predicted octanol–water partition coefficient (Wildman–Crippen LogP) is 12.3. The second-order valence-corrected chi connectivity index (χ2v) is 25.0. The van der Waals surface area contributed by atoms with Crippen LogP contribution in [0.3, 0.4) is 0 Å². The van der Waals surface area contributed by atoms with Crippen LogP contribution in [0.15, 0.2) is 61.2 Å². The van der Waals surface area contributed by atoms with Gasteiger partial charge in [-0.3, -0.25) is 19.2 Å². The molecule has 3 N–H and O–H groups in total.